The van der Waals surface area contributed by atoms with Crippen molar-refractivity contribution in [3.63, 3.8) is 0 Å². The van der Waals surface area contributed by atoms with Gasteiger partial charge in [0.25, 0.3) is 0 Å². The molecule has 4 nitrogen and oxygen atoms in total. The van der Waals surface area contributed by atoms with E-state index in [9.17, 15) is 4.79 Å². The van der Waals surface area contributed by atoms with Gasteiger partial charge in [-0.2, -0.15) is 0 Å². The lowest BCUT2D eigenvalue weighted by atomic mass is 10.2. The number of nitrogens with zero attached hydrogens (tertiary/aromatic N) is 2. The zero-order valence-electron chi connectivity index (χ0n) is 9.64. The van der Waals surface area contributed by atoms with Gasteiger partial charge in [0.15, 0.2) is 0 Å². The van der Waals surface area contributed by atoms with Gasteiger partial charge in [0, 0.05) is 29.0 Å². The Bertz CT molecular complexity index is 514. The number of carbonyl (C=O) groups excluding carboxylic acids is 1. The standard InChI is InChI=1S/C13H12BrN3O/c14-10-4-6-12(16-9-10)17-13(18)7-5-11-3-1-2-8-15-11/h1-4,6,8-9H,5,7H2,(H,16,17,18). The predicted molar refractivity (Wildman–Crippen MR) is 73.1 cm³/mol. The fraction of sp³-hybridized carbons (Fsp3) is 0.154. The quantitative estimate of drug-likeness (QED) is 0.945. The lowest BCUT2D eigenvalue weighted by Crippen LogP contribution is -2.13. The van der Waals surface area contributed by atoms with Gasteiger partial charge >= 0.3 is 0 Å². The van der Waals surface area contributed by atoms with Gasteiger partial charge in [-0.25, -0.2) is 4.98 Å². The molecular formula is C13H12BrN3O. The lowest BCUT2D eigenvalue weighted by molar-refractivity contribution is -0.116. The first-order valence-corrected chi connectivity index (χ1v) is 6.34. The summed E-state index contributed by atoms with van der Waals surface area (Å²) >= 11 is 3.29. The van der Waals surface area contributed by atoms with Gasteiger partial charge in [0.1, 0.15) is 5.82 Å². The van der Waals surface area contributed by atoms with Gasteiger partial charge in [-0.05, 0) is 46.6 Å². The van der Waals surface area contributed by atoms with Crippen LogP contribution in [0.15, 0.2) is 47.2 Å². The number of rotatable bonds is 4. The molecule has 0 spiro atoms. The smallest absolute Gasteiger partial charge is 0.225 e. The van der Waals surface area contributed by atoms with Crippen LogP contribution in [0.1, 0.15) is 12.1 Å². The van der Waals surface area contributed by atoms with Crippen LogP contribution < -0.4 is 5.32 Å². The molecule has 0 aliphatic carbocycles. The molecule has 0 fully saturated rings. The number of anilines is 1. The van der Waals surface area contributed by atoms with Gasteiger partial charge in [0.05, 0.1) is 0 Å². The number of carbonyl (C=O) groups is 1. The topological polar surface area (TPSA) is 54.9 Å². The van der Waals surface area contributed by atoms with Crippen molar-refractivity contribution < 1.29 is 4.79 Å². The van der Waals surface area contributed by atoms with E-state index in [-0.39, 0.29) is 5.91 Å². The maximum absolute atomic E-state index is 11.7. The summed E-state index contributed by atoms with van der Waals surface area (Å²) in [7, 11) is 0. The minimum atomic E-state index is -0.0597. The summed E-state index contributed by atoms with van der Waals surface area (Å²) < 4.78 is 0.883. The highest BCUT2D eigenvalue weighted by Gasteiger charge is 2.04. The first-order chi connectivity index (χ1) is 8.74. The number of pyridine rings is 2. The maximum Gasteiger partial charge on any atom is 0.225 e. The third-order valence-corrected chi connectivity index (χ3v) is 2.80. The van der Waals surface area contributed by atoms with Crippen molar-refractivity contribution in [1.29, 1.82) is 0 Å². The molecule has 0 aliphatic rings. The highest BCUT2D eigenvalue weighted by Crippen LogP contribution is 2.10. The SMILES string of the molecule is O=C(CCc1ccccn1)Nc1ccc(Br)cn1. The van der Waals surface area contributed by atoms with Gasteiger partial charge in [-0.15, -0.1) is 0 Å². The van der Waals surface area contributed by atoms with Crippen molar-refractivity contribution in [3.05, 3.63) is 52.9 Å². The van der Waals surface area contributed by atoms with Crippen LogP contribution in [-0.4, -0.2) is 15.9 Å². The van der Waals surface area contributed by atoms with Crippen molar-refractivity contribution >= 4 is 27.7 Å². The molecule has 0 aromatic carbocycles. The molecule has 0 bridgehead atoms. The third-order valence-electron chi connectivity index (χ3n) is 2.33. The van der Waals surface area contributed by atoms with Crippen molar-refractivity contribution in [3.8, 4) is 0 Å². The summed E-state index contributed by atoms with van der Waals surface area (Å²) in [4.78, 5) is 19.9. The molecule has 0 saturated heterocycles. The van der Waals surface area contributed by atoms with Crippen LogP contribution >= 0.6 is 15.9 Å². The highest BCUT2D eigenvalue weighted by molar-refractivity contribution is 9.10. The van der Waals surface area contributed by atoms with E-state index in [1.54, 1.807) is 18.5 Å². The number of amides is 1. The monoisotopic (exact) mass is 305 g/mol. The van der Waals surface area contributed by atoms with Crippen LogP contribution in [0.2, 0.25) is 0 Å². The molecular weight excluding hydrogens is 294 g/mol. The number of aromatic nitrogens is 2. The second-order valence-electron chi connectivity index (χ2n) is 3.73. The molecule has 0 atom stereocenters. The number of hydrogen-bond donors (Lipinski definition) is 1. The number of hydrogen-bond acceptors (Lipinski definition) is 3. The summed E-state index contributed by atoms with van der Waals surface area (Å²) in [5.41, 5.74) is 0.913. The van der Waals surface area contributed by atoms with Gasteiger partial charge < -0.3 is 5.32 Å². The molecule has 2 heterocycles. The van der Waals surface area contributed by atoms with Crippen LogP contribution in [-0.2, 0) is 11.2 Å². The molecule has 2 aromatic heterocycles. The number of halogens is 1. The summed E-state index contributed by atoms with van der Waals surface area (Å²) in [6.07, 6.45) is 4.40. The molecule has 0 radical (unpaired) electrons. The first-order valence-electron chi connectivity index (χ1n) is 5.55. The second-order valence-corrected chi connectivity index (χ2v) is 4.65. The first kappa shape index (κ1) is 12.7. The highest BCUT2D eigenvalue weighted by atomic mass is 79.9. The molecule has 0 aliphatic heterocycles. The van der Waals surface area contributed by atoms with Crippen molar-refractivity contribution in [2.24, 2.45) is 0 Å². The molecule has 2 rings (SSSR count). The molecule has 2 aromatic rings. The van der Waals surface area contributed by atoms with Crippen LogP contribution in [0.4, 0.5) is 5.82 Å². The molecule has 0 saturated carbocycles. The Kier molecular flexibility index (Phi) is 4.41. The molecule has 0 unspecified atom stereocenters. The van der Waals surface area contributed by atoms with Crippen molar-refractivity contribution in [2.45, 2.75) is 12.8 Å². The Hall–Kier alpha value is -1.75. The Morgan fingerprint density at radius 1 is 1.22 bits per heavy atom. The van der Waals surface area contributed by atoms with Gasteiger partial charge in [-0.3, -0.25) is 9.78 Å². The van der Waals surface area contributed by atoms with Crippen molar-refractivity contribution in [2.75, 3.05) is 5.32 Å². The Morgan fingerprint density at radius 3 is 2.78 bits per heavy atom. The number of nitrogens with one attached hydrogen (secondary N) is 1. The average molecular weight is 306 g/mol. The summed E-state index contributed by atoms with van der Waals surface area (Å²) in [5.74, 6) is 0.500. The van der Waals surface area contributed by atoms with Gasteiger partial charge in [0.2, 0.25) is 5.91 Å². The molecule has 1 amide bonds. The van der Waals surface area contributed by atoms with Crippen LogP contribution in [0.25, 0.3) is 0 Å². The van der Waals surface area contributed by atoms with E-state index in [4.69, 9.17) is 0 Å². The summed E-state index contributed by atoms with van der Waals surface area (Å²) in [6.45, 7) is 0. The summed E-state index contributed by atoms with van der Waals surface area (Å²) in [6, 6.07) is 9.26. The van der Waals surface area contributed by atoms with Crippen molar-refractivity contribution in [1.82, 2.24) is 9.97 Å². The lowest BCUT2D eigenvalue weighted by Gasteiger charge is -2.04. The molecule has 1 N–H and O–H groups in total. The van der Waals surface area contributed by atoms with Gasteiger partial charge in [-0.1, -0.05) is 6.07 Å². The van der Waals surface area contributed by atoms with E-state index in [1.807, 2.05) is 24.3 Å². The van der Waals surface area contributed by atoms with E-state index < -0.39 is 0 Å². The maximum atomic E-state index is 11.7. The van der Waals surface area contributed by atoms with Crippen LogP contribution in [0, 0.1) is 0 Å². The third kappa shape index (κ3) is 3.92. The average Bonchev–Trinajstić information content (AvgIpc) is 2.40. The molecule has 18 heavy (non-hydrogen) atoms. The molecule has 92 valence electrons. The zero-order chi connectivity index (χ0) is 12.8. The fourth-order valence-electron chi connectivity index (χ4n) is 1.44. The van der Waals surface area contributed by atoms with E-state index in [1.165, 1.54) is 0 Å². The predicted octanol–water partition coefficient (Wildman–Crippen LogP) is 2.81. The Labute approximate surface area is 114 Å². The number of aryl methyl sites for hydroxylation is 1. The van der Waals surface area contributed by atoms with E-state index >= 15 is 0 Å². The summed E-state index contributed by atoms with van der Waals surface area (Å²) in [5, 5.41) is 2.74. The second kappa shape index (κ2) is 6.26. The van der Waals surface area contributed by atoms with E-state index in [0.717, 1.165) is 10.2 Å². The molecule has 5 heteroatoms. The largest absolute Gasteiger partial charge is 0.311 e. The normalized spacial score (nSPS) is 10.1. The Morgan fingerprint density at radius 2 is 2.11 bits per heavy atom. The Balaban J connectivity index is 1.84. The van der Waals surface area contributed by atoms with Crippen LogP contribution in [0.3, 0.4) is 0 Å². The van der Waals surface area contributed by atoms with Crippen LogP contribution in [0.5, 0.6) is 0 Å². The van der Waals surface area contributed by atoms with E-state index in [0.29, 0.717) is 18.7 Å². The minimum Gasteiger partial charge on any atom is -0.311 e. The zero-order valence-corrected chi connectivity index (χ0v) is 11.2. The van der Waals surface area contributed by atoms with E-state index in [2.05, 4.69) is 31.2 Å². The fourth-order valence-corrected chi connectivity index (χ4v) is 1.68. The minimum absolute atomic E-state index is 0.0597.